The number of hydrogen-bond acceptors (Lipinski definition) is 1. The number of phenols is 1. The predicted molar refractivity (Wildman–Crippen MR) is 76.5 cm³/mol. The molecule has 1 nitrogen and oxygen atoms in total. The van der Waals surface area contributed by atoms with Crippen LogP contribution in [0.2, 0.25) is 0 Å². The van der Waals surface area contributed by atoms with Crippen LogP contribution in [0.5, 0.6) is 5.75 Å². The fourth-order valence-electron chi connectivity index (χ4n) is 3.00. The van der Waals surface area contributed by atoms with E-state index in [4.69, 9.17) is 0 Å². The maximum absolute atomic E-state index is 10.4. The molecule has 4 aromatic rings. The summed E-state index contributed by atoms with van der Waals surface area (Å²) < 4.78 is 0. The molecule has 1 N–H and O–H groups in total. The summed E-state index contributed by atoms with van der Waals surface area (Å²) in [6.07, 6.45) is 0. The minimum absolute atomic E-state index is 0.409. The molecule has 0 radical (unpaired) electrons. The molecular weight excluding hydrogens is 220 g/mol. The zero-order valence-electron chi connectivity index (χ0n) is 10.1. The lowest BCUT2D eigenvalue weighted by Crippen LogP contribution is -1.87. The van der Waals surface area contributed by atoms with Crippen LogP contribution in [0.3, 0.4) is 0 Å². The highest BCUT2D eigenvalue weighted by atomic mass is 16.3. The third-order valence-electron chi connectivity index (χ3n) is 3.90. The van der Waals surface area contributed by atoms with E-state index < -0.39 is 0 Å². The Balaban J connectivity index is 2.52. The Kier molecular flexibility index (Phi) is 1.69. The van der Waals surface area contributed by atoms with Crippen LogP contribution in [0, 0.1) is 6.92 Å². The number of aromatic hydroxyl groups is 1. The van der Waals surface area contributed by atoms with E-state index in [9.17, 15) is 5.11 Å². The van der Waals surface area contributed by atoms with Gasteiger partial charge in [0.25, 0.3) is 0 Å². The first-order chi connectivity index (χ1) is 8.77. The topological polar surface area (TPSA) is 20.2 Å². The summed E-state index contributed by atoms with van der Waals surface area (Å²) in [5, 5.41) is 17.3. The van der Waals surface area contributed by atoms with Crippen LogP contribution in [0.25, 0.3) is 32.3 Å². The Labute approximate surface area is 105 Å². The van der Waals surface area contributed by atoms with Crippen molar-refractivity contribution in [3.8, 4) is 5.75 Å². The summed E-state index contributed by atoms with van der Waals surface area (Å²) in [5.41, 5.74) is 0.965. The number of benzene rings is 4. The third-order valence-corrected chi connectivity index (χ3v) is 3.90. The van der Waals surface area contributed by atoms with Gasteiger partial charge in [0.15, 0.2) is 0 Å². The van der Waals surface area contributed by atoms with Crippen LogP contribution >= 0.6 is 0 Å². The highest BCUT2D eigenvalue weighted by Crippen LogP contribution is 2.41. The first-order valence-electron chi connectivity index (χ1n) is 6.12. The van der Waals surface area contributed by atoms with Crippen molar-refractivity contribution in [3.63, 3.8) is 0 Å². The van der Waals surface area contributed by atoms with E-state index in [1.165, 1.54) is 21.5 Å². The Bertz CT molecular complexity index is 815. The first kappa shape index (κ1) is 9.72. The van der Waals surface area contributed by atoms with E-state index >= 15 is 0 Å². The van der Waals surface area contributed by atoms with Crippen molar-refractivity contribution in [3.05, 3.63) is 54.1 Å². The van der Waals surface area contributed by atoms with Gasteiger partial charge in [-0.25, -0.2) is 0 Å². The number of phenolic OH excluding ortho intramolecular Hbond substituents is 1. The summed E-state index contributed by atoms with van der Waals surface area (Å²) in [6.45, 7) is 1.98. The van der Waals surface area contributed by atoms with Crippen LogP contribution in [0.4, 0.5) is 0 Å². The SMILES string of the molecule is Cc1c(O)c2cccc3ccc4cccc1c4c32. The largest absolute Gasteiger partial charge is 0.507 e. The zero-order valence-corrected chi connectivity index (χ0v) is 10.1. The summed E-state index contributed by atoms with van der Waals surface area (Å²) in [7, 11) is 0. The van der Waals surface area contributed by atoms with E-state index in [2.05, 4.69) is 30.3 Å². The molecule has 0 saturated heterocycles. The normalized spacial score (nSPS) is 11.8. The van der Waals surface area contributed by atoms with Crippen LogP contribution in [0.15, 0.2) is 48.5 Å². The lowest BCUT2D eigenvalue weighted by atomic mass is 9.91. The van der Waals surface area contributed by atoms with Gasteiger partial charge in [-0.05, 0) is 34.0 Å². The summed E-state index contributed by atoms with van der Waals surface area (Å²) in [5.74, 6) is 0.409. The molecule has 0 atom stereocenters. The van der Waals surface area contributed by atoms with Crippen LogP contribution in [-0.4, -0.2) is 5.11 Å². The van der Waals surface area contributed by atoms with Crippen LogP contribution in [0.1, 0.15) is 5.56 Å². The van der Waals surface area contributed by atoms with Gasteiger partial charge in [0.05, 0.1) is 0 Å². The molecule has 0 heterocycles. The second-order valence-corrected chi connectivity index (χ2v) is 4.85. The Morgan fingerprint density at radius 3 is 1.94 bits per heavy atom. The van der Waals surface area contributed by atoms with Crippen molar-refractivity contribution < 1.29 is 5.11 Å². The van der Waals surface area contributed by atoms with E-state index in [-0.39, 0.29) is 0 Å². The maximum atomic E-state index is 10.4. The van der Waals surface area contributed by atoms with E-state index in [0.29, 0.717) is 5.75 Å². The van der Waals surface area contributed by atoms with Gasteiger partial charge in [-0.3, -0.25) is 0 Å². The maximum Gasteiger partial charge on any atom is 0.126 e. The fourth-order valence-corrected chi connectivity index (χ4v) is 3.00. The molecule has 0 aromatic heterocycles. The van der Waals surface area contributed by atoms with Gasteiger partial charge in [-0.2, -0.15) is 0 Å². The van der Waals surface area contributed by atoms with Gasteiger partial charge in [0.2, 0.25) is 0 Å². The van der Waals surface area contributed by atoms with Crippen molar-refractivity contribution in [1.29, 1.82) is 0 Å². The van der Waals surface area contributed by atoms with Gasteiger partial charge in [-0.1, -0.05) is 48.5 Å². The molecule has 0 unspecified atom stereocenters. The molecular formula is C17H12O. The van der Waals surface area contributed by atoms with Crippen LogP contribution in [-0.2, 0) is 0 Å². The van der Waals surface area contributed by atoms with Gasteiger partial charge < -0.3 is 5.11 Å². The molecule has 86 valence electrons. The van der Waals surface area contributed by atoms with Gasteiger partial charge in [-0.15, -0.1) is 0 Å². The van der Waals surface area contributed by atoms with E-state index in [0.717, 1.165) is 16.3 Å². The lowest BCUT2D eigenvalue weighted by molar-refractivity contribution is 0.478. The average molecular weight is 232 g/mol. The predicted octanol–water partition coefficient (Wildman–Crippen LogP) is 4.60. The van der Waals surface area contributed by atoms with Gasteiger partial charge >= 0.3 is 0 Å². The highest BCUT2D eigenvalue weighted by molar-refractivity contribution is 6.25. The molecule has 0 spiro atoms. The van der Waals surface area contributed by atoms with Crippen molar-refractivity contribution >= 4 is 32.3 Å². The van der Waals surface area contributed by atoms with Crippen molar-refractivity contribution in [2.45, 2.75) is 6.92 Å². The molecule has 18 heavy (non-hydrogen) atoms. The van der Waals surface area contributed by atoms with Crippen molar-refractivity contribution in [1.82, 2.24) is 0 Å². The molecule has 4 rings (SSSR count). The first-order valence-corrected chi connectivity index (χ1v) is 6.12. The second-order valence-electron chi connectivity index (χ2n) is 4.85. The molecule has 0 amide bonds. The van der Waals surface area contributed by atoms with Crippen molar-refractivity contribution in [2.75, 3.05) is 0 Å². The van der Waals surface area contributed by atoms with E-state index in [1.807, 2.05) is 25.1 Å². The quantitative estimate of drug-likeness (QED) is 0.439. The standard InChI is InChI=1S/C17H12O/c1-10-13-6-2-4-11-8-9-12-5-3-7-14(17(10)18)16(12)15(11)13/h2-9,18H,1H3. The Morgan fingerprint density at radius 2 is 1.28 bits per heavy atom. The van der Waals surface area contributed by atoms with Crippen molar-refractivity contribution in [2.24, 2.45) is 0 Å². The molecule has 0 aliphatic rings. The summed E-state index contributed by atoms with van der Waals surface area (Å²) >= 11 is 0. The average Bonchev–Trinajstić information content (AvgIpc) is 2.43. The van der Waals surface area contributed by atoms with E-state index in [1.54, 1.807) is 0 Å². The Morgan fingerprint density at radius 1 is 0.722 bits per heavy atom. The third kappa shape index (κ3) is 1.02. The summed E-state index contributed by atoms with van der Waals surface area (Å²) in [4.78, 5) is 0. The zero-order chi connectivity index (χ0) is 12.3. The molecule has 0 saturated carbocycles. The monoisotopic (exact) mass is 232 g/mol. The molecule has 0 aliphatic carbocycles. The van der Waals surface area contributed by atoms with Crippen LogP contribution < -0.4 is 0 Å². The second kappa shape index (κ2) is 3.14. The number of hydrogen-bond donors (Lipinski definition) is 1. The number of aryl methyl sites for hydroxylation is 1. The van der Waals surface area contributed by atoms with Gasteiger partial charge in [0.1, 0.15) is 5.75 Å². The minimum atomic E-state index is 0.409. The molecule has 0 bridgehead atoms. The van der Waals surface area contributed by atoms with Gasteiger partial charge in [0, 0.05) is 10.8 Å². The fraction of sp³-hybridized carbons (Fsp3) is 0.0588. The lowest BCUT2D eigenvalue weighted by Gasteiger charge is -2.14. The molecule has 0 aliphatic heterocycles. The minimum Gasteiger partial charge on any atom is -0.507 e. The Hall–Kier alpha value is -2.28. The highest BCUT2D eigenvalue weighted by Gasteiger charge is 2.13. The molecule has 1 heteroatoms. The number of rotatable bonds is 0. The summed E-state index contributed by atoms with van der Waals surface area (Å²) in [6, 6.07) is 16.6. The smallest absolute Gasteiger partial charge is 0.126 e. The molecule has 4 aromatic carbocycles. The molecule has 0 fully saturated rings.